The number of ether oxygens (including phenoxy) is 2. The van der Waals surface area contributed by atoms with Crippen LogP contribution in [0.3, 0.4) is 0 Å². The largest absolute Gasteiger partial charge is 0.465 e. The van der Waals surface area contributed by atoms with Crippen molar-refractivity contribution in [3.63, 3.8) is 0 Å². The second kappa shape index (κ2) is 11.5. The van der Waals surface area contributed by atoms with Crippen LogP contribution in [0.25, 0.3) is 21.8 Å². The molecule has 0 fully saturated rings. The number of thiazole rings is 1. The van der Waals surface area contributed by atoms with Gasteiger partial charge in [-0.25, -0.2) is 9.78 Å². The monoisotopic (exact) mass is 533 g/mol. The van der Waals surface area contributed by atoms with Crippen molar-refractivity contribution in [2.24, 2.45) is 10.9 Å². The standard InChI is InChI=1S/C28H27N3O6S/c1-5-36-27(32)23-16(3)29-17(4)24(28(33)37-6-2)25(23)20-9-7-8-10-21(20)26-30-22(15-38-26)18-11-13-19(14-12-18)31(34)35/h7-15,23,25H,5-6H2,1-4H3. The lowest BCUT2D eigenvalue weighted by atomic mass is 9.74. The first-order chi connectivity index (χ1) is 18.3. The first kappa shape index (κ1) is 26.9. The SMILES string of the molecule is CCOC(=O)C1=C(C)N=C(C)C(C(=O)OCC)C1c1ccccc1-c1nc(-c2ccc([N+](=O)[O-])cc2)cs1. The molecule has 0 bridgehead atoms. The predicted octanol–water partition coefficient (Wildman–Crippen LogP) is 5.96. The van der Waals surface area contributed by atoms with Crippen molar-refractivity contribution in [2.45, 2.75) is 33.6 Å². The lowest BCUT2D eigenvalue weighted by molar-refractivity contribution is -0.384. The Morgan fingerprint density at radius 1 is 1.03 bits per heavy atom. The Labute approximate surface area is 224 Å². The molecule has 2 heterocycles. The highest BCUT2D eigenvalue weighted by Crippen LogP contribution is 2.44. The summed E-state index contributed by atoms with van der Waals surface area (Å²) in [6.07, 6.45) is 0. The van der Waals surface area contributed by atoms with Gasteiger partial charge in [0.05, 0.1) is 29.4 Å². The molecule has 3 aromatic rings. The number of benzene rings is 2. The number of aromatic nitrogens is 1. The number of nitrogens with zero attached hydrogens (tertiary/aromatic N) is 3. The van der Waals surface area contributed by atoms with Crippen LogP contribution >= 0.6 is 11.3 Å². The average Bonchev–Trinajstić information content (AvgIpc) is 3.38. The molecular weight excluding hydrogens is 506 g/mol. The molecule has 2 unspecified atom stereocenters. The maximum Gasteiger partial charge on any atom is 0.336 e. The second-order valence-corrected chi connectivity index (χ2v) is 9.47. The Morgan fingerprint density at radius 2 is 1.71 bits per heavy atom. The van der Waals surface area contributed by atoms with E-state index in [1.54, 1.807) is 39.8 Å². The molecule has 38 heavy (non-hydrogen) atoms. The van der Waals surface area contributed by atoms with Crippen molar-refractivity contribution in [3.05, 3.63) is 80.9 Å². The van der Waals surface area contributed by atoms with E-state index in [-0.39, 0.29) is 18.9 Å². The molecule has 1 aliphatic heterocycles. The van der Waals surface area contributed by atoms with E-state index in [0.717, 1.165) is 16.7 Å². The summed E-state index contributed by atoms with van der Waals surface area (Å²) in [5, 5.41) is 13.6. The fourth-order valence-corrected chi connectivity index (χ4v) is 5.51. The van der Waals surface area contributed by atoms with E-state index in [0.29, 0.717) is 27.7 Å². The first-order valence-corrected chi connectivity index (χ1v) is 13.0. The van der Waals surface area contributed by atoms with Gasteiger partial charge in [-0.2, -0.15) is 0 Å². The molecule has 10 heteroatoms. The molecule has 1 aromatic heterocycles. The zero-order valence-corrected chi connectivity index (χ0v) is 22.3. The summed E-state index contributed by atoms with van der Waals surface area (Å²) in [6, 6.07) is 13.7. The summed E-state index contributed by atoms with van der Waals surface area (Å²) in [7, 11) is 0. The molecule has 2 atom stereocenters. The molecule has 9 nitrogen and oxygen atoms in total. The van der Waals surface area contributed by atoms with E-state index in [1.807, 2.05) is 29.6 Å². The molecule has 0 N–H and O–H groups in total. The normalized spacial score (nSPS) is 17.1. The lowest BCUT2D eigenvalue weighted by Gasteiger charge is -2.32. The molecule has 0 radical (unpaired) electrons. The highest BCUT2D eigenvalue weighted by Gasteiger charge is 2.43. The van der Waals surface area contributed by atoms with Crippen LogP contribution in [-0.2, 0) is 19.1 Å². The number of aliphatic imine (C=N–C) groups is 1. The van der Waals surface area contributed by atoms with Crippen LogP contribution in [0.1, 0.15) is 39.2 Å². The summed E-state index contributed by atoms with van der Waals surface area (Å²) in [6.45, 7) is 7.34. The number of carbonyl (C=O) groups excluding carboxylic acids is 2. The molecule has 2 aromatic carbocycles. The zero-order chi connectivity index (χ0) is 27.4. The number of esters is 2. The molecule has 0 amide bonds. The van der Waals surface area contributed by atoms with Crippen LogP contribution in [0.2, 0.25) is 0 Å². The van der Waals surface area contributed by atoms with E-state index < -0.39 is 28.7 Å². The number of hydrogen-bond acceptors (Lipinski definition) is 9. The molecule has 0 spiro atoms. The van der Waals surface area contributed by atoms with Crippen LogP contribution in [0.15, 0.2) is 70.2 Å². The van der Waals surface area contributed by atoms with Gasteiger partial charge in [-0.1, -0.05) is 24.3 Å². The molecule has 0 aliphatic carbocycles. The van der Waals surface area contributed by atoms with Gasteiger partial charge in [0, 0.05) is 46.0 Å². The number of hydrogen-bond donors (Lipinski definition) is 0. The number of nitro groups is 1. The third-order valence-electron chi connectivity index (χ3n) is 6.27. The third-order valence-corrected chi connectivity index (χ3v) is 7.14. The summed E-state index contributed by atoms with van der Waals surface area (Å²) >= 11 is 1.40. The minimum absolute atomic E-state index is 0.00235. The fourth-order valence-electron chi connectivity index (χ4n) is 4.63. The van der Waals surface area contributed by atoms with Crippen LogP contribution in [0, 0.1) is 16.0 Å². The van der Waals surface area contributed by atoms with E-state index in [4.69, 9.17) is 14.5 Å². The Kier molecular flexibility index (Phi) is 8.11. The number of carbonyl (C=O) groups is 2. The molecule has 1 aliphatic rings. The predicted molar refractivity (Wildman–Crippen MR) is 145 cm³/mol. The van der Waals surface area contributed by atoms with Crippen LogP contribution in [0.4, 0.5) is 5.69 Å². The summed E-state index contributed by atoms with van der Waals surface area (Å²) < 4.78 is 10.8. The Balaban J connectivity index is 1.83. The van der Waals surface area contributed by atoms with E-state index in [2.05, 4.69) is 4.99 Å². The summed E-state index contributed by atoms with van der Waals surface area (Å²) in [4.78, 5) is 46.3. The van der Waals surface area contributed by atoms with Gasteiger partial charge < -0.3 is 9.47 Å². The van der Waals surface area contributed by atoms with Gasteiger partial charge in [-0.05, 0) is 45.4 Å². The molecule has 4 rings (SSSR count). The molecule has 0 saturated carbocycles. The van der Waals surface area contributed by atoms with Gasteiger partial charge in [0.15, 0.2) is 0 Å². The number of rotatable bonds is 8. The summed E-state index contributed by atoms with van der Waals surface area (Å²) in [5.41, 5.74) is 4.25. The van der Waals surface area contributed by atoms with Gasteiger partial charge in [-0.15, -0.1) is 11.3 Å². The van der Waals surface area contributed by atoms with E-state index >= 15 is 0 Å². The Morgan fingerprint density at radius 3 is 2.37 bits per heavy atom. The van der Waals surface area contributed by atoms with Crippen LogP contribution in [0.5, 0.6) is 0 Å². The highest BCUT2D eigenvalue weighted by molar-refractivity contribution is 7.13. The van der Waals surface area contributed by atoms with Crippen molar-refractivity contribution in [3.8, 4) is 21.8 Å². The van der Waals surface area contributed by atoms with Gasteiger partial charge in [0.2, 0.25) is 0 Å². The maximum atomic E-state index is 13.2. The van der Waals surface area contributed by atoms with E-state index in [1.165, 1.54) is 23.5 Å². The average molecular weight is 534 g/mol. The maximum absolute atomic E-state index is 13.2. The van der Waals surface area contributed by atoms with Gasteiger partial charge in [0.25, 0.3) is 5.69 Å². The van der Waals surface area contributed by atoms with Crippen molar-refractivity contribution >= 4 is 34.7 Å². The number of nitro benzene ring substituents is 1. The molecule has 196 valence electrons. The van der Waals surface area contributed by atoms with Crippen molar-refractivity contribution in [1.82, 2.24) is 4.98 Å². The molecule has 0 saturated heterocycles. The zero-order valence-electron chi connectivity index (χ0n) is 21.5. The smallest absolute Gasteiger partial charge is 0.336 e. The van der Waals surface area contributed by atoms with Crippen LogP contribution < -0.4 is 0 Å². The number of allylic oxidation sites excluding steroid dienone is 1. The fraction of sp³-hybridized carbons (Fsp3) is 0.286. The first-order valence-electron chi connectivity index (χ1n) is 12.2. The Hall–Kier alpha value is -4.18. The molecular formula is C28H27N3O6S. The lowest BCUT2D eigenvalue weighted by Crippen LogP contribution is -2.36. The van der Waals surface area contributed by atoms with Crippen LogP contribution in [-0.4, -0.2) is 40.8 Å². The van der Waals surface area contributed by atoms with E-state index in [9.17, 15) is 19.7 Å². The second-order valence-electron chi connectivity index (χ2n) is 8.61. The minimum Gasteiger partial charge on any atom is -0.465 e. The quantitative estimate of drug-likeness (QED) is 0.199. The van der Waals surface area contributed by atoms with Crippen molar-refractivity contribution in [1.29, 1.82) is 0 Å². The Bertz CT molecular complexity index is 1440. The number of non-ortho nitro benzene ring substituents is 1. The van der Waals surface area contributed by atoms with Gasteiger partial charge >= 0.3 is 11.9 Å². The van der Waals surface area contributed by atoms with Gasteiger partial charge in [0.1, 0.15) is 10.9 Å². The van der Waals surface area contributed by atoms with Gasteiger partial charge in [-0.3, -0.25) is 19.9 Å². The topological polar surface area (TPSA) is 121 Å². The third kappa shape index (κ3) is 5.26. The summed E-state index contributed by atoms with van der Waals surface area (Å²) in [5.74, 6) is -2.49. The van der Waals surface area contributed by atoms with Crippen molar-refractivity contribution < 1.29 is 24.0 Å². The minimum atomic E-state index is -0.812. The highest BCUT2D eigenvalue weighted by atomic mass is 32.1. The van der Waals surface area contributed by atoms with Crippen molar-refractivity contribution in [2.75, 3.05) is 13.2 Å².